The van der Waals surface area contributed by atoms with Crippen LogP contribution in [0.1, 0.15) is 24.0 Å². The summed E-state index contributed by atoms with van der Waals surface area (Å²) in [5.41, 5.74) is 1.06. The van der Waals surface area contributed by atoms with Crippen molar-refractivity contribution < 1.29 is 22.7 Å². The summed E-state index contributed by atoms with van der Waals surface area (Å²) in [4.78, 5) is 13.2. The first-order valence-corrected chi connectivity index (χ1v) is 10.5. The van der Waals surface area contributed by atoms with Crippen LogP contribution in [0.25, 0.3) is 0 Å². The Balaban J connectivity index is 1.76. The van der Waals surface area contributed by atoms with E-state index in [0.29, 0.717) is 32.6 Å². The van der Waals surface area contributed by atoms with Crippen molar-refractivity contribution in [2.24, 2.45) is 5.14 Å². The number of hydrogen-bond acceptors (Lipinski definition) is 5. The minimum Gasteiger partial charge on any atom is -0.497 e. The van der Waals surface area contributed by atoms with E-state index in [2.05, 4.69) is 5.32 Å². The first-order chi connectivity index (χ1) is 13.3. The van der Waals surface area contributed by atoms with E-state index in [1.807, 2.05) is 24.3 Å². The molecule has 0 unspecified atom stereocenters. The zero-order valence-corrected chi connectivity index (χ0v) is 16.5. The van der Waals surface area contributed by atoms with Crippen LogP contribution in [-0.4, -0.2) is 34.6 Å². The fourth-order valence-electron chi connectivity index (χ4n) is 3.43. The van der Waals surface area contributed by atoms with Gasteiger partial charge in [0.25, 0.3) is 0 Å². The average molecular weight is 404 g/mol. The van der Waals surface area contributed by atoms with Gasteiger partial charge in [0.1, 0.15) is 5.75 Å². The second-order valence-corrected chi connectivity index (χ2v) is 8.36. The number of amides is 1. The Morgan fingerprint density at radius 2 is 1.71 bits per heavy atom. The van der Waals surface area contributed by atoms with Gasteiger partial charge in [-0.1, -0.05) is 24.3 Å². The SMILES string of the molecule is COc1ccc(C2(C(=O)NCc3ccc(S(N)(=O)=O)cc3)CCOCC2)cc1. The molecule has 2 aromatic carbocycles. The van der Waals surface area contributed by atoms with Gasteiger partial charge in [-0.25, -0.2) is 13.6 Å². The molecule has 3 N–H and O–H groups in total. The molecule has 0 spiro atoms. The molecule has 8 heteroatoms. The highest BCUT2D eigenvalue weighted by Gasteiger charge is 2.41. The maximum atomic E-state index is 13.2. The minimum atomic E-state index is -3.73. The second-order valence-electron chi connectivity index (χ2n) is 6.79. The van der Waals surface area contributed by atoms with Gasteiger partial charge in [-0.3, -0.25) is 4.79 Å². The molecular formula is C20H24N2O5S. The molecule has 1 aliphatic rings. The van der Waals surface area contributed by atoms with Gasteiger partial charge in [0, 0.05) is 19.8 Å². The second kappa shape index (κ2) is 8.30. The molecule has 0 bridgehead atoms. The van der Waals surface area contributed by atoms with Crippen LogP contribution < -0.4 is 15.2 Å². The van der Waals surface area contributed by atoms with E-state index in [1.165, 1.54) is 12.1 Å². The lowest BCUT2D eigenvalue weighted by Gasteiger charge is -2.36. The van der Waals surface area contributed by atoms with Crippen molar-refractivity contribution in [1.29, 1.82) is 0 Å². The van der Waals surface area contributed by atoms with E-state index in [4.69, 9.17) is 14.6 Å². The monoisotopic (exact) mass is 404 g/mol. The molecule has 0 atom stereocenters. The molecule has 1 heterocycles. The first-order valence-electron chi connectivity index (χ1n) is 8.97. The zero-order valence-electron chi connectivity index (χ0n) is 15.7. The molecule has 1 aliphatic heterocycles. The summed E-state index contributed by atoms with van der Waals surface area (Å²) < 4.78 is 33.4. The van der Waals surface area contributed by atoms with E-state index in [-0.39, 0.29) is 10.8 Å². The number of benzene rings is 2. The summed E-state index contributed by atoms with van der Waals surface area (Å²) in [7, 11) is -2.13. The smallest absolute Gasteiger partial charge is 0.238 e. The maximum Gasteiger partial charge on any atom is 0.238 e. The van der Waals surface area contributed by atoms with Crippen LogP contribution in [0.5, 0.6) is 5.75 Å². The number of hydrogen-bond donors (Lipinski definition) is 2. The zero-order chi connectivity index (χ0) is 20.2. The van der Waals surface area contributed by atoms with Crippen LogP contribution in [0, 0.1) is 0 Å². The Bertz CT molecular complexity index is 918. The Morgan fingerprint density at radius 3 is 2.25 bits per heavy atom. The Hall–Kier alpha value is -2.42. The molecule has 0 aliphatic carbocycles. The molecule has 1 saturated heterocycles. The van der Waals surface area contributed by atoms with Gasteiger partial charge in [0.15, 0.2) is 0 Å². The summed E-state index contributed by atoms with van der Waals surface area (Å²) in [6.07, 6.45) is 1.19. The van der Waals surface area contributed by atoms with Crippen LogP contribution in [0.15, 0.2) is 53.4 Å². The highest BCUT2D eigenvalue weighted by molar-refractivity contribution is 7.89. The summed E-state index contributed by atoms with van der Waals surface area (Å²) in [6, 6.07) is 13.7. The third-order valence-corrected chi connectivity index (χ3v) is 6.06. The quantitative estimate of drug-likeness (QED) is 0.762. The number of rotatable bonds is 6. The summed E-state index contributed by atoms with van der Waals surface area (Å²) in [6.45, 7) is 1.33. The largest absolute Gasteiger partial charge is 0.497 e. The van der Waals surface area contributed by atoms with Gasteiger partial charge in [0.05, 0.1) is 17.4 Å². The summed E-state index contributed by atoms with van der Waals surface area (Å²) in [5, 5.41) is 8.10. The van der Waals surface area contributed by atoms with Crippen LogP contribution in [0.4, 0.5) is 0 Å². The maximum absolute atomic E-state index is 13.2. The van der Waals surface area contributed by atoms with E-state index in [0.717, 1.165) is 16.9 Å². The molecule has 2 aromatic rings. The number of methoxy groups -OCH3 is 1. The fourth-order valence-corrected chi connectivity index (χ4v) is 3.94. The molecule has 150 valence electrons. The normalized spacial score (nSPS) is 16.4. The lowest BCUT2D eigenvalue weighted by atomic mass is 9.73. The van der Waals surface area contributed by atoms with Crippen LogP contribution in [0.3, 0.4) is 0 Å². The predicted octanol–water partition coefficient (Wildman–Crippen LogP) is 1.71. The number of nitrogens with one attached hydrogen (secondary N) is 1. The van der Waals surface area contributed by atoms with E-state index < -0.39 is 15.4 Å². The molecule has 3 rings (SSSR count). The fraction of sp³-hybridized carbons (Fsp3) is 0.350. The van der Waals surface area contributed by atoms with Crippen molar-refractivity contribution in [3.05, 3.63) is 59.7 Å². The van der Waals surface area contributed by atoms with Crippen LogP contribution in [0.2, 0.25) is 0 Å². The standard InChI is InChI=1S/C20H24N2O5S/c1-26-17-6-4-16(5-7-17)20(10-12-27-13-11-20)19(23)22-14-15-2-8-18(9-3-15)28(21,24)25/h2-9H,10-14H2,1H3,(H,22,23)(H2,21,24,25). The van der Waals surface area contributed by atoms with Gasteiger partial charge in [-0.2, -0.15) is 0 Å². The molecule has 0 saturated carbocycles. The highest BCUT2D eigenvalue weighted by atomic mass is 32.2. The molecule has 28 heavy (non-hydrogen) atoms. The number of sulfonamides is 1. The number of ether oxygens (including phenoxy) is 2. The van der Waals surface area contributed by atoms with E-state index >= 15 is 0 Å². The number of carbonyl (C=O) groups is 1. The summed E-state index contributed by atoms with van der Waals surface area (Å²) >= 11 is 0. The molecule has 0 radical (unpaired) electrons. The average Bonchev–Trinajstić information content (AvgIpc) is 2.72. The third kappa shape index (κ3) is 4.35. The Kier molecular flexibility index (Phi) is 6.02. The molecular weight excluding hydrogens is 380 g/mol. The predicted molar refractivity (Wildman–Crippen MR) is 104 cm³/mol. The minimum absolute atomic E-state index is 0.0432. The van der Waals surface area contributed by atoms with Gasteiger partial charge < -0.3 is 14.8 Å². The molecule has 1 amide bonds. The van der Waals surface area contributed by atoms with Crippen molar-refractivity contribution in [3.8, 4) is 5.75 Å². The molecule has 1 fully saturated rings. The van der Waals surface area contributed by atoms with Crippen molar-refractivity contribution in [3.63, 3.8) is 0 Å². The van der Waals surface area contributed by atoms with Crippen molar-refractivity contribution in [2.45, 2.75) is 29.7 Å². The number of nitrogens with two attached hydrogens (primary N) is 1. The van der Waals surface area contributed by atoms with Gasteiger partial charge in [0.2, 0.25) is 15.9 Å². The highest BCUT2D eigenvalue weighted by Crippen LogP contribution is 2.36. The van der Waals surface area contributed by atoms with E-state index in [1.54, 1.807) is 19.2 Å². The van der Waals surface area contributed by atoms with Gasteiger partial charge in [-0.15, -0.1) is 0 Å². The van der Waals surface area contributed by atoms with Crippen LogP contribution in [-0.2, 0) is 31.5 Å². The number of carbonyl (C=O) groups excluding carboxylic acids is 1. The first kappa shape index (κ1) is 20.3. The van der Waals surface area contributed by atoms with E-state index in [9.17, 15) is 13.2 Å². The van der Waals surface area contributed by atoms with Crippen molar-refractivity contribution >= 4 is 15.9 Å². The molecule has 7 nitrogen and oxygen atoms in total. The van der Waals surface area contributed by atoms with Crippen molar-refractivity contribution in [1.82, 2.24) is 5.32 Å². The lowest BCUT2D eigenvalue weighted by molar-refractivity contribution is -0.130. The topological polar surface area (TPSA) is 108 Å². The number of primary sulfonamides is 1. The molecule has 0 aromatic heterocycles. The van der Waals surface area contributed by atoms with Crippen molar-refractivity contribution in [2.75, 3.05) is 20.3 Å². The summed E-state index contributed by atoms with van der Waals surface area (Å²) in [5.74, 6) is 0.665. The lowest BCUT2D eigenvalue weighted by Crippen LogP contribution is -2.47. The van der Waals surface area contributed by atoms with Gasteiger partial charge >= 0.3 is 0 Å². The van der Waals surface area contributed by atoms with Crippen LogP contribution >= 0.6 is 0 Å². The Labute approximate surface area is 164 Å². The Morgan fingerprint density at radius 1 is 1.11 bits per heavy atom. The third-order valence-electron chi connectivity index (χ3n) is 5.13. The van der Waals surface area contributed by atoms with Gasteiger partial charge in [-0.05, 0) is 48.2 Å².